The van der Waals surface area contributed by atoms with Crippen molar-refractivity contribution in [3.63, 3.8) is 0 Å². The van der Waals surface area contributed by atoms with Crippen molar-refractivity contribution in [1.29, 1.82) is 0 Å². The second kappa shape index (κ2) is 5.94. The number of nitrogens with zero attached hydrogens (tertiary/aromatic N) is 2. The van der Waals surface area contributed by atoms with Gasteiger partial charge in [-0.3, -0.25) is 9.48 Å². The van der Waals surface area contributed by atoms with E-state index in [0.29, 0.717) is 0 Å². The molecule has 0 amide bonds. The standard InChI is InChI=1S/C9H9F3N2O2/c10-7(9(11)12)2-5-16-8(15)6-14-4-1-3-13-14/h1,3-4H,2,5-6H2. The minimum absolute atomic E-state index is 0.129. The smallest absolute Gasteiger partial charge is 0.327 e. The summed E-state index contributed by atoms with van der Waals surface area (Å²) in [5.41, 5.74) is 0. The number of carbonyl (C=O) groups excluding carboxylic acids is 1. The fraction of sp³-hybridized carbons (Fsp3) is 0.333. The van der Waals surface area contributed by atoms with Crippen LogP contribution in [-0.2, 0) is 16.1 Å². The summed E-state index contributed by atoms with van der Waals surface area (Å²) in [6, 6.07) is 1.62. The van der Waals surface area contributed by atoms with Gasteiger partial charge in [0.1, 0.15) is 6.54 Å². The molecule has 0 aliphatic heterocycles. The summed E-state index contributed by atoms with van der Waals surface area (Å²) in [6.07, 6.45) is 0.0211. The van der Waals surface area contributed by atoms with Crippen LogP contribution in [0.1, 0.15) is 6.42 Å². The summed E-state index contributed by atoms with van der Waals surface area (Å²) in [7, 11) is 0. The van der Waals surface area contributed by atoms with Crippen LogP contribution in [0.4, 0.5) is 13.2 Å². The van der Waals surface area contributed by atoms with E-state index in [0.717, 1.165) is 0 Å². The lowest BCUT2D eigenvalue weighted by Gasteiger charge is -2.03. The first-order chi connectivity index (χ1) is 7.59. The van der Waals surface area contributed by atoms with Crippen LogP contribution in [0, 0.1) is 0 Å². The van der Waals surface area contributed by atoms with E-state index < -0.39 is 30.9 Å². The summed E-state index contributed by atoms with van der Waals surface area (Å²) in [6.45, 7) is -0.542. The monoisotopic (exact) mass is 234 g/mol. The molecule has 88 valence electrons. The lowest BCUT2D eigenvalue weighted by Crippen LogP contribution is -2.14. The minimum atomic E-state index is -2.39. The quantitative estimate of drug-likeness (QED) is 0.731. The summed E-state index contributed by atoms with van der Waals surface area (Å²) in [5, 5.41) is 3.74. The summed E-state index contributed by atoms with van der Waals surface area (Å²) >= 11 is 0. The first-order valence-electron chi connectivity index (χ1n) is 4.42. The molecule has 0 N–H and O–H groups in total. The van der Waals surface area contributed by atoms with Crippen molar-refractivity contribution in [1.82, 2.24) is 9.78 Å². The molecule has 0 atom stereocenters. The topological polar surface area (TPSA) is 44.1 Å². The number of carbonyl (C=O) groups is 1. The number of ether oxygens (including phenoxy) is 1. The van der Waals surface area contributed by atoms with Gasteiger partial charge in [-0.05, 0) is 6.07 Å². The molecule has 0 aromatic carbocycles. The van der Waals surface area contributed by atoms with Crippen molar-refractivity contribution >= 4 is 5.97 Å². The average molecular weight is 234 g/mol. The molecule has 0 aliphatic rings. The molecular formula is C9H9F3N2O2. The Balaban J connectivity index is 2.24. The van der Waals surface area contributed by atoms with Gasteiger partial charge in [-0.1, -0.05) is 0 Å². The predicted molar refractivity (Wildman–Crippen MR) is 48.2 cm³/mol. The van der Waals surface area contributed by atoms with Gasteiger partial charge in [-0.2, -0.15) is 13.9 Å². The highest BCUT2D eigenvalue weighted by Crippen LogP contribution is 2.12. The van der Waals surface area contributed by atoms with E-state index in [1.807, 2.05) is 0 Å². The lowest BCUT2D eigenvalue weighted by atomic mass is 10.4. The van der Waals surface area contributed by atoms with Gasteiger partial charge in [0.05, 0.1) is 6.61 Å². The van der Waals surface area contributed by atoms with Crippen LogP contribution in [0.2, 0.25) is 0 Å². The van der Waals surface area contributed by atoms with Crippen LogP contribution in [0.3, 0.4) is 0 Å². The first kappa shape index (κ1) is 12.3. The van der Waals surface area contributed by atoms with E-state index in [2.05, 4.69) is 9.84 Å². The molecule has 0 radical (unpaired) electrons. The summed E-state index contributed by atoms with van der Waals surface area (Å²) < 4.78 is 41.3. The highest BCUT2D eigenvalue weighted by molar-refractivity contribution is 5.68. The maximum Gasteiger partial charge on any atom is 0.327 e. The Bertz CT molecular complexity index is 372. The molecule has 0 saturated heterocycles. The van der Waals surface area contributed by atoms with Gasteiger partial charge < -0.3 is 4.74 Å². The normalized spacial score (nSPS) is 9.94. The Kier molecular flexibility index (Phi) is 4.56. The molecule has 1 heterocycles. The molecule has 0 saturated carbocycles. The van der Waals surface area contributed by atoms with Crippen molar-refractivity contribution in [2.45, 2.75) is 13.0 Å². The zero-order valence-corrected chi connectivity index (χ0v) is 8.20. The minimum Gasteiger partial charge on any atom is -0.464 e. The summed E-state index contributed by atoms with van der Waals surface area (Å²) in [4.78, 5) is 11.1. The van der Waals surface area contributed by atoms with Crippen molar-refractivity contribution in [3.8, 4) is 0 Å². The zero-order valence-electron chi connectivity index (χ0n) is 8.20. The Morgan fingerprint density at radius 1 is 1.38 bits per heavy atom. The molecule has 16 heavy (non-hydrogen) atoms. The van der Waals surface area contributed by atoms with Gasteiger partial charge in [0.25, 0.3) is 0 Å². The highest BCUT2D eigenvalue weighted by Gasteiger charge is 2.08. The number of rotatable bonds is 5. The van der Waals surface area contributed by atoms with Crippen LogP contribution in [0.15, 0.2) is 30.4 Å². The van der Waals surface area contributed by atoms with E-state index in [4.69, 9.17) is 0 Å². The Hall–Kier alpha value is -1.79. The molecule has 4 nitrogen and oxygen atoms in total. The largest absolute Gasteiger partial charge is 0.464 e. The number of hydrogen-bond acceptors (Lipinski definition) is 3. The second-order valence-electron chi connectivity index (χ2n) is 2.84. The van der Waals surface area contributed by atoms with Crippen molar-refractivity contribution in [3.05, 3.63) is 30.4 Å². The third-order valence-corrected chi connectivity index (χ3v) is 1.64. The van der Waals surface area contributed by atoms with E-state index in [-0.39, 0.29) is 6.54 Å². The van der Waals surface area contributed by atoms with Crippen LogP contribution in [-0.4, -0.2) is 22.4 Å². The third kappa shape index (κ3) is 4.16. The summed E-state index contributed by atoms with van der Waals surface area (Å²) in [5.74, 6) is -2.22. The average Bonchev–Trinajstić information content (AvgIpc) is 2.70. The van der Waals surface area contributed by atoms with Gasteiger partial charge >= 0.3 is 12.0 Å². The van der Waals surface area contributed by atoms with Gasteiger partial charge in [-0.15, -0.1) is 0 Å². The number of halogens is 3. The predicted octanol–water partition coefficient (Wildman–Crippen LogP) is 1.89. The zero-order chi connectivity index (χ0) is 12.0. The van der Waals surface area contributed by atoms with Crippen LogP contribution >= 0.6 is 0 Å². The molecule has 0 fully saturated rings. The maximum absolute atomic E-state index is 12.3. The Morgan fingerprint density at radius 2 is 2.12 bits per heavy atom. The number of aromatic nitrogens is 2. The van der Waals surface area contributed by atoms with Crippen molar-refractivity contribution in [2.75, 3.05) is 6.61 Å². The molecule has 0 aliphatic carbocycles. The molecule has 1 aromatic heterocycles. The Labute approximate surface area is 89.3 Å². The highest BCUT2D eigenvalue weighted by atomic mass is 19.3. The SMILES string of the molecule is O=C(Cn1cccn1)OCCC(F)=C(F)F. The molecule has 0 unspecified atom stereocenters. The molecule has 0 bridgehead atoms. The van der Waals surface area contributed by atoms with Crippen molar-refractivity contribution in [2.24, 2.45) is 0 Å². The van der Waals surface area contributed by atoms with E-state index in [9.17, 15) is 18.0 Å². The van der Waals surface area contributed by atoms with Gasteiger partial charge in [-0.25, -0.2) is 4.39 Å². The van der Waals surface area contributed by atoms with E-state index in [1.54, 1.807) is 12.3 Å². The van der Waals surface area contributed by atoms with Crippen LogP contribution < -0.4 is 0 Å². The Morgan fingerprint density at radius 3 is 2.69 bits per heavy atom. The fourth-order valence-electron chi connectivity index (χ4n) is 0.921. The molecule has 0 spiro atoms. The lowest BCUT2D eigenvalue weighted by molar-refractivity contribution is -0.144. The fourth-order valence-corrected chi connectivity index (χ4v) is 0.921. The molecule has 1 aromatic rings. The maximum atomic E-state index is 12.3. The second-order valence-corrected chi connectivity index (χ2v) is 2.84. The molecular weight excluding hydrogens is 225 g/mol. The van der Waals surface area contributed by atoms with Crippen LogP contribution in [0.5, 0.6) is 0 Å². The van der Waals surface area contributed by atoms with Crippen LogP contribution in [0.25, 0.3) is 0 Å². The van der Waals surface area contributed by atoms with Gasteiger partial charge in [0.15, 0.2) is 5.83 Å². The first-order valence-corrected chi connectivity index (χ1v) is 4.42. The molecule has 1 rings (SSSR count). The van der Waals surface area contributed by atoms with Gasteiger partial charge in [0.2, 0.25) is 0 Å². The number of hydrogen-bond donors (Lipinski definition) is 0. The van der Waals surface area contributed by atoms with E-state index in [1.165, 1.54) is 10.9 Å². The van der Waals surface area contributed by atoms with Crippen molar-refractivity contribution < 1.29 is 22.7 Å². The number of esters is 1. The molecule has 7 heteroatoms. The third-order valence-electron chi connectivity index (χ3n) is 1.64. The van der Waals surface area contributed by atoms with Gasteiger partial charge in [0, 0.05) is 18.8 Å². The van der Waals surface area contributed by atoms with E-state index >= 15 is 0 Å².